The molecule has 2 fully saturated rings. The predicted molar refractivity (Wildman–Crippen MR) is 94.3 cm³/mol. The number of carbonyl (C=O) groups excluding carboxylic acids is 2. The van der Waals surface area contributed by atoms with E-state index in [9.17, 15) is 22.8 Å². The Morgan fingerprint density at radius 1 is 0.893 bits per heavy atom. The van der Waals surface area contributed by atoms with Crippen molar-refractivity contribution in [1.29, 1.82) is 0 Å². The quantitative estimate of drug-likeness (QED) is 0.753. The standard InChI is InChI=1S/C20H17F3N2O3/c21-20(22,23)28-15-8-6-14(7-9-15)25-18(26)16-11-24(12-17(16)19(25)27)10-13-4-2-1-3-5-13/h1-9,16-17H,10-12H2/t16-,17+. The first-order valence-corrected chi connectivity index (χ1v) is 8.82. The van der Waals surface area contributed by atoms with E-state index < -0.39 is 23.9 Å². The summed E-state index contributed by atoms with van der Waals surface area (Å²) in [6, 6.07) is 14.6. The van der Waals surface area contributed by atoms with Crippen molar-refractivity contribution in [3.63, 3.8) is 0 Å². The topological polar surface area (TPSA) is 49.9 Å². The number of fused-ring (bicyclic) bond motifs is 1. The van der Waals surface area contributed by atoms with Gasteiger partial charge in [-0.05, 0) is 29.8 Å². The maximum atomic E-state index is 12.8. The summed E-state index contributed by atoms with van der Waals surface area (Å²) in [7, 11) is 0. The third kappa shape index (κ3) is 3.60. The monoisotopic (exact) mass is 390 g/mol. The van der Waals surface area contributed by atoms with Crippen LogP contribution in [0.3, 0.4) is 0 Å². The van der Waals surface area contributed by atoms with Crippen molar-refractivity contribution in [3.8, 4) is 5.75 Å². The number of benzene rings is 2. The molecule has 0 radical (unpaired) electrons. The molecule has 0 bridgehead atoms. The van der Waals surface area contributed by atoms with Crippen molar-refractivity contribution in [2.24, 2.45) is 11.8 Å². The summed E-state index contributed by atoms with van der Waals surface area (Å²) >= 11 is 0. The van der Waals surface area contributed by atoms with E-state index in [1.165, 1.54) is 12.1 Å². The lowest BCUT2D eigenvalue weighted by molar-refractivity contribution is -0.274. The number of anilines is 1. The number of hydrogen-bond acceptors (Lipinski definition) is 4. The number of amides is 2. The predicted octanol–water partition coefficient (Wildman–Crippen LogP) is 3.21. The van der Waals surface area contributed by atoms with Crippen LogP contribution in [0.15, 0.2) is 54.6 Å². The second kappa shape index (κ2) is 6.94. The van der Waals surface area contributed by atoms with Gasteiger partial charge in [0.05, 0.1) is 17.5 Å². The normalized spacial score (nSPS) is 22.6. The van der Waals surface area contributed by atoms with Gasteiger partial charge in [-0.1, -0.05) is 30.3 Å². The van der Waals surface area contributed by atoms with Crippen LogP contribution in [0.25, 0.3) is 0 Å². The number of rotatable bonds is 4. The average molecular weight is 390 g/mol. The van der Waals surface area contributed by atoms with E-state index in [2.05, 4.69) is 9.64 Å². The number of likely N-dealkylation sites (tertiary alicyclic amines) is 1. The number of imide groups is 1. The third-order valence-electron chi connectivity index (χ3n) is 5.05. The lowest BCUT2D eigenvalue weighted by Gasteiger charge is -2.21. The van der Waals surface area contributed by atoms with Gasteiger partial charge in [-0.25, -0.2) is 4.90 Å². The Morgan fingerprint density at radius 2 is 1.46 bits per heavy atom. The van der Waals surface area contributed by atoms with Crippen molar-refractivity contribution >= 4 is 17.5 Å². The molecule has 28 heavy (non-hydrogen) atoms. The number of nitrogens with zero attached hydrogens (tertiary/aromatic N) is 2. The highest BCUT2D eigenvalue weighted by Gasteiger charge is 2.52. The fourth-order valence-electron chi connectivity index (χ4n) is 3.85. The van der Waals surface area contributed by atoms with Crippen LogP contribution in [0.1, 0.15) is 5.56 Å². The van der Waals surface area contributed by atoms with Crippen molar-refractivity contribution < 1.29 is 27.5 Å². The molecule has 0 aliphatic carbocycles. The molecule has 8 heteroatoms. The number of ether oxygens (including phenoxy) is 1. The molecule has 4 rings (SSSR count). The van der Waals surface area contributed by atoms with Crippen LogP contribution in [-0.2, 0) is 16.1 Å². The van der Waals surface area contributed by atoms with Crippen LogP contribution in [0.4, 0.5) is 18.9 Å². The van der Waals surface area contributed by atoms with Gasteiger partial charge in [0.2, 0.25) is 11.8 Å². The Hall–Kier alpha value is -2.87. The molecule has 2 aliphatic heterocycles. The fourth-order valence-corrected chi connectivity index (χ4v) is 3.85. The second-order valence-electron chi connectivity index (χ2n) is 6.95. The van der Waals surface area contributed by atoms with Crippen LogP contribution in [0, 0.1) is 11.8 Å². The maximum absolute atomic E-state index is 12.8. The molecule has 2 aliphatic rings. The Balaban J connectivity index is 1.45. The summed E-state index contributed by atoms with van der Waals surface area (Å²) in [6.45, 7) is 1.63. The first-order valence-electron chi connectivity index (χ1n) is 8.82. The van der Waals surface area contributed by atoms with Gasteiger partial charge in [0.15, 0.2) is 0 Å². The first kappa shape index (κ1) is 18.5. The summed E-state index contributed by atoms with van der Waals surface area (Å²) in [5.74, 6) is -1.88. The molecule has 0 unspecified atom stereocenters. The molecule has 5 nitrogen and oxygen atoms in total. The van der Waals surface area contributed by atoms with Gasteiger partial charge in [-0.15, -0.1) is 13.2 Å². The van der Waals surface area contributed by atoms with E-state index >= 15 is 0 Å². The van der Waals surface area contributed by atoms with E-state index in [0.717, 1.165) is 22.6 Å². The van der Waals surface area contributed by atoms with E-state index in [1.807, 2.05) is 30.3 Å². The molecule has 146 valence electrons. The summed E-state index contributed by atoms with van der Waals surface area (Å²) < 4.78 is 40.6. The second-order valence-corrected chi connectivity index (χ2v) is 6.95. The number of alkyl halides is 3. The lowest BCUT2D eigenvalue weighted by Crippen LogP contribution is -2.35. The summed E-state index contributed by atoms with van der Waals surface area (Å²) in [5, 5.41) is 0. The van der Waals surface area contributed by atoms with Gasteiger partial charge in [-0.2, -0.15) is 0 Å². The molecule has 2 amide bonds. The van der Waals surface area contributed by atoms with Crippen LogP contribution in [0.5, 0.6) is 5.75 Å². The van der Waals surface area contributed by atoms with E-state index in [1.54, 1.807) is 0 Å². The Kier molecular flexibility index (Phi) is 4.58. The number of carbonyl (C=O) groups is 2. The molecule has 2 atom stereocenters. The minimum absolute atomic E-state index is 0.258. The molecular weight excluding hydrogens is 373 g/mol. The molecule has 2 aromatic rings. The van der Waals surface area contributed by atoms with E-state index in [0.29, 0.717) is 19.6 Å². The smallest absolute Gasteiger partial charge is 0.406 e. The zero-order chi connectivity index (χ0) is 19.9. The molecule has 2 heterocycles. The number of halogens is 3. The van der Waals surface area contributed by atoms with Crippen molar-refractivity contribution in [2.45, 2.75) is 12.9 Å². The maximum Gasteiger partial charge on any atom is 0.573 e. The van der Waals surface area contributed by atoms with Gasteiger partial charge < -0.3 is 4.74 Å². The molecule has 0 N–H and O–H groups in total. The van der Waals surface area contributed by atoms with E-state index in [4.69, 9.17) is 0 Å². The highest BCUT2D eigenvalue weighted by Crippen LogP contribution is 2.37. The summed E-state index contributed by atoms with van der Waals surface area (Å²) in [5.41, 5.74) is 1.37. The van der Waals surface area contributed by atoms with Crippen LogP contribution >= 0.6 is 0 Å². The van der Waals surface area contributed by atoms with Gasteiger partial charge in [-0.3, -0.25) is 14.5 Å². The summed E-state index contributed by atoms with van der Waals surface area (Å²) in [4.78, 5) is 28.7. The summed E-state index contributed by atoms with van der Waals surface area (Å²) in [6.07, 6.45) is -4.79. The molecule has 0 spiro atoms. The Morgan fingerprint density at radius 3 is 2.00 bits per heavy atom. The first-order chi connectivity index (χ1) is 13.3. The average Bonchev–Trinajstić information content (AvgIpc) is 3.15. The van der Waals surface area contributed by atoms with Gasteiger partial charge in [0.25, 0.3) is 0 Å². The van der Waals surface area contributed by atoms with Gasteiger partial charge in [0.1, 0.15) is 5.75 Å². The molecular formula is C20H17F3N2O3. The SMILES string of the molecule is O=C1[C@H]2CN(Cc3ccccc3)C[C@H]2C(=O)N1c1ccc(OC(F)(F)F)cc1. The van der Waals surface area contributed by atoms with Crippen molar-refractivity contribution in [1.82, 2.24) is 4.90 Å². The lowest BCUT2D eigenvalue weighted by atomic mass is 10.00. The minimum Gasteiger partial charge on any atom is -0.406 e. The van der Waals surface area contributed by atoms with Gasteiger partial charge >= 0.3 is 6.36 Å². The number of hydrogen-bond donors (Lipinski definition) is 0. The molecule has 2 aromatic carbocycles. The van der Waals surface area contributed by atoms with Crippen LogP contribution in [0.2, 0.25) is 0 Å². The molecule has 2 saturated heterocycles. The molecule has 0 aromatic heterocycles. The zero-order valence-electron chi connectivity index (χ0n) is 14.7. The van der Waals surface area contributed by atoms with Crippen LogP contribution < -0.4 is 9.64 Å². The Bertz CT molecular complexity index is 860. The highest BCUT2D eigenvalue weighted by molar-refractivity contribution is 6.22. The van der Waals surface area contributed by atoms with Crippen molar-refractivity contribution in [2.75, 3.05) is 18.0 Å². The van der Waals surface area contributed by atoms with Crippen molar-refractivity contribution in [3.05, 3.63) is 60.2 Å². The Labute approximate surface area is 159 Å². The third-order valence-corrected chi connectivity index (χ3v) is 5.05. The highest BCUT2D eigenvalue weighted by atomic mass is 19.4. The zero-order valence-corrected chi connectivity index (χ0v) is 14.7. The largest absolute Gasteiger partial charge is 0.573 e. The van der Waals surface area contributed by atoms with E-state index in [-0.39, 0.29) is 17.5 Å². The van der Waals surface area contributed by atoms with Gasteiger partial charge in [0, 0.05) is 19.6 Å². The van der Waals surface area contributed by atoms with Crippen LogP contribution in [-0.4, -0.2) is 36.2 Å². The molecule has 0 saturated carbocycles. The fraction of sp³-hybridized carbons (Fsp3) is 0.300. The minimum atomic E-state index is -4.79.